The van der Waals surface area contributed by atoms with Crippen molar-refractivity contribution in [3.05, 3.63) is 42.4 Å². The van der Waals surface area contributed by atoms with E-state index in [1.807, 2.05) is 22.7 Å². The number of hydrogen-bond acceptors (Lipinski definition) is 6. The standard InChI is InChI=1S/C22H26N4O2S2/c1-6-15(3)29-17-8-9-26-13-18(25-20(26)11-17)21-19(30(27,28)7-2)10-16(12-24-21)22(4,5)14-23/h8-13,15H,6-7H2,1-5H3. The molecule has 0 aliphatic carbocycles. The first-order chi connectivity index (χ1) is 14.1. The van der Waals surface area contributed by atoms with Crippen LogP contribution in [0.25, 0.3) is 17.0 Å². The third-order valence-corrected chi connectivity index (χ3v) is 8.16. The van der Waals surface area contributed by atoms with Gasteiger partial charge in [-0.2, -0.15) is 5.26 Å². The maximum Gasteiger partial charge on any atom is 0.180 e. The summed E-state index contributed by atoms with van der Waals surface area (Å²) in [4.78, 5) is 10.3. The Morgan fingerprint density at radius 3 is 2.67 bits per heavy atom. The highest BCUT2D eigenvalue weighted by Crippen LogP contribution is 2.32. The minimum atomic E-state index is -3.56. The number of thioether (sulfide) groups is 1. The molecule has 0 saturated carbocycles. The highest BCUT2D eigenvalue weighted by atomic mass is 32.2. The second-order valence-corrected chi connectivity index (χ2v) is 11.6. The number of aromatic nitrogens is 3. The van der Waals surface area contributed by atoms with Crippen LogP contribution in [-0.4, -0.2) is 33.8 Å². The van der Waals surface area contributed by atoms with E-state index in [1.165, 1.54) is 0 Å². The van der Waals surface area contributed by atoms with Gasteiger partial charge in [0.2, 0.25) is 0 Å². The van der Waals surface area contributed by atoms with E-state index in [1.54, 1.807) is 51.0 Å². The van der Waals surface area contributed by atoms with Gasteiger partial charge in [-0.3, -0.25) is 4.98 Å². The predicted molar refractivity (Wildman–Crippen MR) is 120 cm³/mol. The fourth-order valence-corrected chi connectivity index (χ4v) is 4.92. The molecule has 0 radical (unpaired) electrons. The van der Waals surface area contributed by atoms with Crippen LogP contribution in [-0.2, 0) is 15.3 Å². The predicted octanol–water partition coefficient (Wildman–Crippen LogP) is 4.88. The normalized spacial score (nSPS) is 13.3. The molecule has 0 spiro atoms. The number of pyridine rings is 2. The van der Waals surface area contributed by atoms with E-state index in [0.717, 1.165) is 17.0 Å². The number of fused-ring (bicyclic) bond motifs is 1. The molecule has 0 amide bonds. The Labute approximate surface area is 182 Å². The Balaban J connectivity index is 2.14. The summed E-state index contributed by atoms with van der Waals surface area (Å²) >= 11 is 1.79. The van der Waals surface area contributed by atoms with Crippen molar-refractivity contribution in [3.63, 3.8) is 0 Å². The van der Waals surface area contributed by atoms with Crippen LogP contribution in [0.15, 0.2) is 46.6 Å². The van der Waals surface area contributed by atoms with Gasteiger partial charge >= 0.3 is 0 Å². The van der Waals surface area contributed by atoms with Crippen molar-refractivity contribution in [2.75, 3.05) is 5.75 Å². The van der Waals surface area contributed by atoms with Gasteiger partial charge in [0.05, 0.1) is 22.1 Å². The van der Waals surface area contributed by atoms with Crippen LogP contribution in [0.2, 0.25) is 0 Å². The Hall–Kier alpha value is -2.37. The molecule has 30 heavy (non-hydrogen) atoms. The van der Waals surface area contributed by atoms with Crippen LogP contribution in [0.1, 0.15) is 46.6 Å². The fraction of sp³-hybridized carbons (Fsp3) is 0.409. The van der Waals surface area contributed by atoms with Crippen molar-refractivity contribution in [2.24, 2.45) is 0 Å². The number of sulfone groups is 1. The van der Waals surface area contributed by atoms with Crippen LogP contribution in [0, 0.1) is 11.3 Å². The van der Waals surface area contributed by atoms with Crippen LogP contribution in [0.5, 0.6) is 0 Å². The molecule has 8 heteroatoms. The van der Waals surface area contributed by atoms with E-state index in [9.17, 15) is 13.7 Å². The zero-order valence-electron chi connectivity index (χ0n) is 17.9. The van der Waals surface area contributed by atoms with Gasteiger partial charge in [0.1, 0.15) is 17.0 Å². The monoisotopic (exact) mass is 442 g/mol. The van der Waals surface area contributed by atoms with E-state index in [2.05, 4.69) is 29.9 Å². The van der Waals surface area contributed by atoms with Crippen LogP contribution < -0.4 is 0 Å². The molecule has 6 nitrogen and oxygen atoms in total. The Kier molecular flexibility index (Phi) is 6.25. The molecule has 0 saturated heterocycles. The molecule has 1 unspecified atom stereocenters. The summed E-state index contributed by atoms with van der Waals surface area (Å²) in [6, 6.07) is 7.81. The Morgan fingerprint density at radius 2 is 2.03 bits per heavy atom. The van der Waals surface area contributed by atoms with E-state index >= 15 is 0 Å². The van der Waals surface area contributed by atoms with Crippen molar-refractivity contribution >= 4 is 27.2 Å². The zero-order chi connectivity index (χ0) is 22.1. The quantitative estimate of drug-likeness (QED) is 0.485. The molecule has 3 rings (SSSR count). The van der Waals surface area contributed by atoms with Gasteiger partial charge in [-0.15, -0.1) is 11.8 Å². The highest BCUT2D eigenvalue weighted by Gasteiger charge is 2.27. The summed E-state index contributed by atoms with van der Waals surface area (Å²) < 4.78 is 27.5. The summed E-state index contributed by atoms with van der Waals surface area (Å²) in [5.74, 6) is -0.0544. The third-order valence-electron chi connectivity index (χ3n) is 5.16. The topological polar surface area (TPSA) is 88.1 Å². The summed E-state index contributed by atoms with van der Waals surface area (Å²) in [5.41, 5.74) is 1.27. The first-order valence-corrected chi connectivity index (χ1v) is 12.4. The average Bonchev–Trinajstić information content (AvgIpc) is 3.16. The number of hydrogen-bond donors (Lipinski definition) is 0. The first kappa shape index (κ1) is 22.3. The lowest BCUT2D eigenvalue weighted by Crippen LogP contribution is -2.16. The molecule has 0 N–H and O–H groups in total. The van der Waals surface area contributed by atoms with Crippen molar-refractivity contribution < 1.29 is 8.42 Å². The van der Waals surface area contributed by atoms with Crippen LogP contribution in [0.3, 0.4) is 0 Å². The van der Waals surface area contributed by atoms with Crippen molar-refractivity contribution in [1.82, 2.24) is 14.4 Å². The van der Waals surface area contributed by atoms with E-state index in [-0.39, 0.29) is 10.6 Å². The number of nitriles is 1. The number of imidazole rings is 1. The molecule has 0 aliphatic heterocycles. The lowest BCUT2D eigenvalue weighted by Gasteiger charge is -2.17. The fourth-order valence-electron chi connectivity index (χ4n) is 2.90. The molecule has 0 fully saturated rings. The largest absolute Gasteiger partial charge is 0.306 e. The maximum absolute atomic E-state index is 12.8. The number of rotatable bonds is 7. The SMILES string of the molecule is CCC(C)Sc1ccn2cc(-c3ncc(C(C)(C)C#N)cc3S(=O)(=O)CC)nc2c1. The zero-order valence-corrected chi connectivity index (χ0v) is 19.5. The van der Waals surface area contributed by atoms with Gasteiger partial charge in [-0.1, -0.05) is 20.8 Å². The molecule has 0 aromatic carbocycles. The Bertz CT molecular complexity index is 1220. The van der Waals surface area contributed by atoms with Crippen molar-refractivity contribution in [2.45, 2.75) is 61.5 Å². The molecular formula is C22H26N4O2S2. The van der Waals surface area contributed by atoms with Gasteiger partial charge in [0, 0.05) is 28.7 Å². The summed E-state index contributed by atoms with van der Waals surface area (Å²) in [6.07, 6.45) is 6.36. The molecular weight excluding hydrogens is 416 g/mol. The van der Waals surface area contributed by atoms with E-state index in [4.69, 9.17) is 0 Å². The molecule has 0 aliphatic rings. The van der Waals surface area contributed by atoms with E-state index in [0.29, 0.717) is 22.2 Å². The lowest BCUT2D eigenvalue weighted by atomic mass is 9.87. The van der Waals surface area contributed by atoms with Crippen molar-refractivity contribution in [1.29, 1.82) is 5.26 Å². The average molecular weight is 443 g/mol. The van der Waals surface area contributed by atoms with Crippen molar-refractivity contribution in [3.8, 4) is 17.5 Å². The maximum atomic E-state index is 12.8. The molecule has 3 aromatic heterocycles. The molecule has 1 atom stereocenters. The smallest absolute Gasteiger partial charge is 0.180 e. The molecule has 158 valence electrons. The van der Waals surface area contributed by atoms with E-state index < -0.39 is 15.3 Å². The lowest BCUT2D eigenvalue weighted by molar-refractivity contribution is 0.596. The molecule has 3 heterocycles. The molecule has 3 aromatic rings. The second-order valence-electron chi connectivity index (χ2n) is 7.80. The van der Waals surface area contributed by atoms with Gasteiger partial charge < -0.3 is 4.40 Å². The minimum Gasteiger partial charge on any atom is -0.306 e. The van der Waals surface area contributed by atoms with Crippen LogP contribution in [0.4, 0.5) is 0 Å². The third kappa shape index (κ3) is 4.37. The summed E-state index contributed by atoms with van der Waals surface area (Å²) in [6.45, 7) is 9.43. The summed E-state index contributed by atoms with van der Waals surface area (Å²) in [7, 11) is -3.56. The first-order valence-electron chi connectivity index (χ1n) is 9.91. The second kappa shape index (κ2) is 8.40. The Morgan fingerprint density at radius 1 is 1.30 bits per heavy atom. The van der Waals surface area contributed by atoms with Gasteiger partial charge in [-0.05, 0) is 44.0 Å². The summed E-state index contributed by atoms with van der Waals surface area (Å²) in [5, 5.41) is 9.94. The highest BCUT2D eigenvalue weighted by molar-refractivity contribution is 8.00. The van der Waals surface area contributed by atoms with Gasteiger partial charge in [0.25, 0.3) is 0 Å². The van der Waals surface area contributed by atoms with Gasteiger partial charge in [-0.25, -0.2) is 13.4 Å². The molecule has 0 bridgehead atoms. The minimum absolute atomic E-state index is 0.0544. The van der Waals surface area contributed by atoms with Crippen LogP contribution >= 0.6 is 11.8 Å². The number of nitrogens with zero attached hydrogens (tertiary/aromatic N) is 4. The van der Waals surface area contributed by atoms with Gasteiger partial charge in [0.15, 0.2) is 9.84 Å².